The topological polar surface area (TPSA) is 25.8 Å². The zero-order valence-corrected chi connectivity index (χ0v) is 8.44. The van der Waals surface area contributed by atoms with Crippen LogP contribution in [0.1, 0.15) is 5.69 Å². The highest BCUT2D eigenvalue weighted by molar-refractivity contribution is 6.03. The molecule has 0 bridgehead atoms. The van der Waals surface area contributed by atoms with Gasteiger partial charge in [0.15, 0.2) is 0 Å². The minimum absolute atomic E-state index is 0.966. The van der Waals surface area contributed by atoms with Gasteiger partial charge in [-0.25, -0.2) is 0 Å². The average molecular weight is 194 g/mol. The first-order valence-electron chi connectivity index (χ1n) is 4.96. The fourth-order valence-corrected chi connectivity index (χ4v) is 1.85. The highest BCUT2D eigenvalue weighted by Gasteiger charge is 2.01. The summed E-state index contributed by atoms with van der Waals surface area (Å²) in [4.78, 5) is 8.85. The van der Waals surface area contributed by atoms with Crippen LogP contribution < -0.4 is 0 Å². The molecule has 72 valence electrons. The van der Waals surface area contributed by atoms with Gasteiger partial charge in [-0.3, -0.25) is 9.97 Å². The van der Waals surface area contributed by atoms with Crippen molar-refractivity contribution < 1.29 is 0 Å². The van der Waals surface area contributed by atoms with Crippen molar-refractivity contribution in [2.45, 2.75) is 6.92 Å². The van der Waals surface area contributed by atoms with Crippen LogP contribution in [0.2, 0.25) is 0 Å². The summed E-state index contributed by atoms with van der Waals surface area (Å²) in [6.45, 7) is 1.99. The summed E-state index contributed by atoms with van der Waals surface area (Å²) in [7, 11) is 0. The summed E-state index contributed by atoms with van der Waals surface area (Å²) in [5, 5.41) is 2.34. The molecule has 0 radical (unpaired) electrons. The summed E-state index contributed by atoms with van der Waals surface area (Å²) >= 11 is 0. The van der Waals surface area contributed by atoms with Crippen LogP contribution in [0.25, 0.3) is 21.8 Å². The van der Waals surface area contributed by atoms with Gasteiger partial charge in [-0.15, -0.1) is 0 Å². The Labute approximate surface area is 87.6 Å². The van der Waals surface area contributed by atoms with E-state index >= 15 is 0 Å². The normalized spacial score (nSPS) is 11.0. The first-order chi connectivity index (χ1) is 7.34. The Balaban J connectivity index is 2.55. The molecule has 0 aliphatic carbocycles. The molecule has 0 fully saturated rings. The van der Waals surface area contributed by atoms with E-state index in [0.717, 1.165) is 16.7 Å². The summed E-state index contributed by atoms with van der Waals surface area (Å²) < 4.78 is 0. The third kappa shape index (κ3) is 1.26. The largest absolute Gasteiger partial charge is 0.254 e. The molecule has 2 nitrogen and oxygen atoms in total. The Morgan fingerprint density at radius 2 is 1.67 bits per heavy atom. The van der Waals surface area contributed by atoms with Gasteiger partial charge in [-0.1, -0.05) is 24.3 Å². The number of aryl methyl sites for hydroxylation is 1. The van der Waals surface area contributed by atoms with Crippen molar-refractivity contribution in [2.24, 2.45) is 0 Å². The van der Waals surface area contributed by atoms with E-state index in [4.69, 9.17) is 0 Å². The van der Waals surface area contributed by atoms with Crippen LogP contribution >= 0.6 is 0 Å². The molecule has 0 saturated carbocycles. The number of hydrogen-bond donors (Lipinski definition) is 0. The molecular formula is C13H10N2. The number of benzene rings is 1. The molecular weight excluding hydrogens is 184 g/mol. The summed E-state index contributed by atoms with van der Waals surface area (Å²) in [6, 6.07) is 12.3. The van der Waals surface area contributed by atoms with Gasteiger partial charge in [0.1, 0.15) is 0 Å². The summed E-state index contributed by atoms with van der Waals surface area (Å²) in [5.74, 6) is 0. The van der Waals surface area contributed by atoms with Gasteiger partial charge < -0.3 is 0 Å². The Morgan fingerprint density at radius 3 is 2.60 bits per heavy atom. The Morgan fingerprint density at radius 1 is 0.867 bits per heavy atom. The van der Waals surface area contributed by atoms with Crippen molar-refractivity contribution in [2.75, 3.05) is 0 Å². The van der Waals surface area contributed by atoms with Crippen molar-refractivity contribution in [3.63, 3.8) is 0 Å². The lowest BCUT2D eigenvalue weighted by atomic mass is 10.1. The number of fused-ring (bicyclic) bond motifs is 3. The van der Waals surface area contributed by atoms with Gasteiger partial charge in [0.05, 0.1) is 17.2 Å². The van der Waals surface area contributed by atoms with Gasteiger partial charge in [0, 0.05) is 16.5 Å². The highest BCUT2D eigenvalue weighted by atomic mass is 14.7. The summed E-state index contributed by atoms with van der Waals surface area (Å²) in [5.41, 5.74) is 3.02. The van der Waals surface area contributed by atoms with E-state index in [1.807, 2.05) is 37.4 Å². The predicted molar refractivity (Wildman–Crippen MR) is 61.8 cm³/mol. The van der Waals surface area contributed by atoms with E-state index in [1.165, 1.54) is 10.8 Å². The maximum absolute atomic E-state index is 4.46. The van der Waals surface area contributed by atoms with Gasteiger partial charge in [0.25, 0.3) is 0 Å². The molecule has 2 heteroatoms. The van der Waals surface area contributed by atoms with Gasteiger partial charge in [-0.05, 0) is 19.1 Å². The molecule has 0 atom stereocenters. The number of pyridine rings is 2. The quantitative estimate of drug-likeness (QED) is 0.514. The van der Waals surface area contributed by atoms with Crippen molar-refractivity contribution >= 4 is 21.8 Å². The van der Waals surface area contributed by atoms with E-state index in [9.17, 15) is 0 Å². The molecule has 1 aromatic carbocycles. The lowest BCUT2D eigenvalue weighted by Crippen LogP contribution is -1.86. The summed E-state index contributed by atoms with van der Waals surface area (Å²) in [6.07, 6.45) is 1.84. The second kappa shape index (κ2) is 3.02. The SMILES string of the molecule is Cc1ccc2c(cnc3ccccc32)n1. The fraction of sp³-hybridized carbons (Fsp3) is 0.0769. The van der Waals surface area contributed by atoms with E-state index in [2.05, 4.69) is 22.1 Å². The number of nitrogens with zero attached hydrogens (tertiary/aromatic N) is 2. The van der Waals surface area contributed by atoms with Crippen LogP contribution in [0.15, 0.2) is 42.6 Å². The molecule has 0 amide bonds. The highest BCUT2D eigenvalue weighted by Crippen LogP contribution is 2.21. The van der Waals surface area contributed by atoms with E-state index in [1.54, 1.807) is 0 Å². The van der Waals surface area contributed by atoms with Crippen LogP contribution in [0, 0.1) is 6.92 Å². The Bertz CT molecular complexity index is 644. The molecule has 0 saturated heterocycles. The second-order valence-electron chi connectivity index (χ2n) is 3.66. The molecule has 0 spiro atoms. The van der Waals surface area contributed by atoms with Crippen molar-refractivity contribution in [1.82, 2.24) is 9.97 Å². The number of aromatic nitrogens is 2. The average Bonchev–Trinajstić information content (AvgIpc) is 2.28. The third-order valence-corrected chi connectivity index (χ3v) is 2.58. The Hall–Kier alpha value is -1.96. The minimum Gasteiger partial charge on any atom is -0.254 e. The van der Waals surface area contributed by atoms with Crippen molar-refractivity contribution in [3.8, 4) is 0 Å². The van der Waals surface area contributed by atoms with Crippen LogP contribution in [0.5, 0.6) is 0 Å². The lowest BCUT2D eigenvalue weighted by molar-refractivity contribution is 1.24. The monoisotopic (exact) mass is 194 g/mol. The maximum Gasteiger partial charge on any atom is 0.0894 e. The molecule has 0 N–H and O–H groups in total. The molecule has 15 heavy (non-hydrogen) atoms. The fourth-order valence-electron chi connectivity index (χ4n) is 1.85. The van der Waals surface area contributed by atoms with Crippen LogP contribution in [-0.4, -0.2) is 9.97 Å². The smallest absolute Gasteiger partial charge is 0.0894 e. The zero-order valence-electron chi connectivity index (χ0n) is 8.44. The molecule has 3 aromatic rings. The van der Waals surface area contributed by atoms with Crippen molar-refractivity contribution in [3.05, 3.63) is 48.3 Å². The first-order valence-corrected chi connectivity index (χ1v) is 4.96. The van der Waals surface area contributed by atoms with E-state index in [0.29, 0.717) is 0 Å². The first kappa shape index (κ1) is 8.36. The number of hydrogen-bond acceptors (Lipinski definition) is 2. The minimum atomic E-state index is 0.966. The third-order valence-electron chi connectivity index (χ3n) is 2.58. The maximum atomic E-state index is 4.46. The molecule has 0 aliphatic heterocycles. The van der Waals surface area contributed by atoms with Crippen LogP contribution in [-0.2, 0) is 0 Å². The van der Waals surface area contributed by atoms with E-state index < -0.39 is 0 Å². The lowest BCUT2D eigenvalue weighted by Gasteiger charge is -2.02. The predicted octanol–water partition coefficient (Wildman–Crippen LogP) is 3.09. The standard InChI is InChI=1S/C13H10N2/c1-9-6-7-11-10-4-2-3-5-12(10)14-8-13(11)15-9/h2-8H,1H3. The van der Waals surface area contributed by atoms with Crippen molar-refractivity contribution in [1.29, 1.82) is 0 Å². The second-order valence-corrected chi connectivity index (χ2v) is 3.66. The van der Waals surface area contributed by atoms with Gasteiger partial charge in [-0.2, -0.15) is 0 Å². The zero-order chi connectivity index (χ0) is 10.3. The molecule has 0 unspecified atom stereocenters. The van der Waals surface area contributed by atoms with Crippen LogP contribution in [0.4, 0.5) is 0 Å². The number of rotatable bonds is 0. The van der Waals surface area contributed by atoms with Crippen LogP contribution in [0.3, 0.4) is 0 Å². The molecule has 3 rings (SSSR count). The van der Waals surface area contributed by atoms with E-state index in [-0.39, 0.29) is 0 Å². The van der Waals surface area contributed by atoms with Gasteiger partial charge >= 0.3 is 0 Å². The Kier molecular flexibility index (Phi) is 1.68. The molecule has 2 heterocycles. The molecule has 0 aliphatic rings. The number of para-hydroxylation sites is 1. The van der Waals surface area contributed by atoms with Gasteiger partial charge in [0.2, 0.25) is 0 Å². The molecule has 2 aromatic heterocycles.